The Morgan fingerprint density at radius 3 is 3.00 bits per heavy atom. The molecule has 0 saturated carbocycles. The van der Waals surface area contributed by atoms with E-state index in [2.05, 4.69) is 16.0 Å². The normalized spacial score (nSPS) is 22.6. The summed E-state index contributed by atoms with van der Waals surface area (Å²) in [6, 6.07) is 13.6. The first kappa shape index (κ1) is 16.9. The lowest BCUT2D eigenvalue weighted by Gasteiger charge is -2.30. The molecule has 2 atom stereocenters. The molecule has 6 rings (SSSR count). The molecule has 2 aromatic carbocycles. The number of rotatable bonds is 3. The van der Waals surface area contributed by atoms with E-state index in [1.165, 1.54) is 0 Å². The molecule has 2 aliphatic heterocycles. The van der Waals surface area contributed by atoms with E-state index in [1.54, 1.807) is 7.11 Å². The molecule has 1 fully saturated rings. The van der Waals surface area contributed by atoms with Gasteiger partial charge in [-0.05, 0) is 55.3 Å². The average molecular weight is 387 g/mol. The van der Waals surface area contributed by atoms with Crippen molar-refractivity contribution in [1.82, 2.24) is 14.9 Å². The number of nitrogens with zero attached hydrogens (tertiary/aromatic N) is 2. The van der Waals surface area contributed by atoms with E-state index in [1.807, 2.05) is 36.4 Å². The van der Waals surface area contributed by atoms with Gasteiger partial charge in [0.1, 0.15) is 11.4 Å². The fraction of sp³-hybridized carbons (Fsp3) is 0.304. The highest BCUT2D eigenvalue weighted by molar-refractivity contribution is 6.00. The van der Waals surface area contributed by atoms with Crippen molar-refractivity contribution >= 4 is 32.8 Å². The second-order valence-corrected chi connectivity index (χ2v) is 8.06. The molecule has 0 amide bonds. The van der Waals surface area contributed by atoms with Crippen molar-refractivity contribution in [2.45, 2.75) is 24.4 Å². The van der Waals surface area contributed by atoms with E-state index in [-0.39, 0.29) is 23.6 Å². The molecule has 6 nitrogen and oxygen atoms in total. The third-order valence-corrected chi connectivity index (χ3v) is 6.78. The Kier molecular flexibility index (Phi) is 3.38. The van der Waals surface area contributed by atoms with Crippen LogP contribution in [-0.2, 0) is 5.41 Å². The lowest BCUT2D eigenvalue weighted by molar-refractivity contribution is 0.211. The molecular weight excluding hydrogens is 366 g/mol. The van der Waals surface area contributed by atoms with Gasteiger partial charge in [-0.1, -0.05) is 12.1 Å². The largest absolute Gasteiger partial charge is 0.497 e. The van der Waals surface area contributed by atoms with Crippen LogP contribution in [0.1, 0.15) is 24.6 Å². The number of para-hydroxylation sites is 1. The van der Waals surface area contributed by atoms with E-state index >= 15 is 0 Å². The number of hydrogen-bond donors (Lipinski definition) is 2. The highest BCUT2D eigenvalue weighted by Gasteiger charge is 2.51. The van der Waals surface area contributed by atoms with Crippen molar-refractivity contribution in [2.24, 2.45) is 0 Å². The minimum atomic E-state index is -0.210. The Labute approximate surface area is 166 Å². The standard InChI is InChI=1S/C23H21N3O3/c1-29-14-5-6-18-13(11-14)12-16-20(28)15-3-2-4-17-19(15)26(21(16)25-18)22-23(17,8-10-27)7-9-24-22/h2-6,11-12,22,24,27H,7-10H2,1H3/t22-,23-/m1/s1. The summed E-state index contributed by atoms with van der Waals surface area (Å²) < 4.78 is 7.54. The number of aliphatic hydroxyl groups is 1. The van der Waals surface area contributed by atoms with Gasteiger partial charge in [0.15, 0.2) is 5.43 Å². The Bertz CT molecular complexity index is 1380. The van der Waals surface area contributed by atoms with Crippen molar-refractivity contribution in [3.63, 3.8) is 0 Å². The van der Waals surface area contributed by atoms with Crippen molar-refractivity contribution in [3.8, 4) is 5.75 Å². The van der Waals surface area contributed by atoms with Gasteiger partial charge in [-0.3, -0.25) is 10.1 Å². The number of aliphatic hydroxyl groups excluding tert-OH is 1. The number of benzene rings is 2. The Morgan fingerprint density at radius 1 is 1.28 bits per heavy atom. The van der Waals surface area contributed by atoms with Gasteiger partial charge in [0, 0.05) is 22.8 Å². The van der Waals surface area contributed by atoms with Gasteiger partial charge in [0.2, 0.25) is 0 Å². The van der Waals surface area contributed by atoms with Crippen molar-refractivity contribution in [3.05, 3.63) is 58.3 Å². The molecule has 146 valence electrons. The summed E-state index contributed by atoms with van der Waals surface area (Å²) in [5, 5.41) is 15.7. The van der Waals surface area contributed by atoms with Crippen LogP contribution in [0.3, 0.4) is 0 Å². The highest BCUT2D eigenvalue weighted by atomic mass is 16.5. The summed E-state index contributed by atoms with van der Waals surface area (Å²) in [6.45, 7) is 0.986. The first-order valence-electron chi connectivity index (χ1n) is 9.98. The van der Waals surface area contributed by atoms with Gasteiger partial charge in [0.25, 0.3) is 0 Å². The number of fused-ring (bicyclic) bond motifs is 6. The second-order valence-electron chi connectivity index (χ2n) is 8.06. The number of pyridine rings is 2. The van der Waals surface area contributed by atoms with Crippen LogP contribution in [0.25, 0.3) is 32.8 Å². The van der Waals surface area contributed by atoms with Gasteiger partial charge < -0.3 is 14.4 Å². The summed E-state index contributed by atoms with van der Waals surface area (Å²) >= 11 is 0. The van der Waals surface area contributed by atoms with Crippen molar-refractivity contribution < 1.29 is 9.84 Å². The maximum atomic E-state index is 13.4. The molecule has 4 aromatic rings. The van der Waals surface area contributed by atoms with Gasteiger partial charge >= 0.3 is 0 Å². The Balaban J connectivity index is 1.79. The first-order valence-corrected chi connectivity index (χ1v) is 9.98. The topological polar surface area (TPSA) is 76.4 Å². The molecular formula is C23H21N3O3. The molecule has 0 aliphatic carbocycles. The fourth-order valence-electron chi connectivity index (χ4n) is 5.49. The smallest absolute Gasteiger partial charge is 0.198 e. The van der Waals surface area contributed by atoms with Gasteiger partial charge in [-0.2, -0.15) is 0 Å². The molecule has 29 heavy (non-hydrogen) atoms. The molecule has 0 spiro atoms. The second kappa shape index (κ2) is 5.78. The van der Waals surface area contributed by atoms with E-state index in [9.17, 15) is 9.90 Å². The summed E-state index contributed by atoms with van der Waals surface area (Å²) in [4.78, 5) is 18.4. The summed E-state index contributed by atoms with van der Waals surface area (Å²) in [5.74, 6) is 0.741. The third-order valence-electron chi connectivity index (χ3n) is 6.78. The number of nitrogens with one attached hydrogen (secondary N) is 1. The zero-order valence-corrected chi connectivity index (χ0v) is 16.1. The molecule has 2 aromatic heterocycles. The van der Waals surface area contributed by atoms with Crippen LogP contribution in [0.5, 0.6) is 5.75 Å². The van der Waals surface area contributed by atoms with Crippen LogP contribution >= 0.6 is 0 Å². The predicted octanol–water partition coefficient (Wildman–Crippen LogP) is 2.84. The maximum absolute atomic E-state index is 13.4. The zero-order valence-electron chi connectivity index (χ0n) is 16.1. The minimum Gasteiger partial charge on any atom is -0.497 e. The van der Waals surface area contributed by atoms with E-state index in [4.69, 9.17) is 9.72 Å². The molecule has 6 heteroatoms. The average Bonchev–Trinajstić information content (AvgIpc) is 3.27. The highest BCUT2D eigenvalue weighted by Crippen LogP contribution is 2.52. The molecule has 2 N–H and O–H groups in total. The van der Waals surface area contributed by atoms with Crippen molar-refractivity contribution in [2.75, 3.05) is 20.3 Å². The van der Waals surface area contributed by atoms with Gasteiger partial charge in [0.05, 0.1) is 29.7 Å². The fourth-order valence-corrected chi connectivity index (χ4v) is 5.49. The summed E-state index contributed by atoms with van der Waals surface area (Å²) in [7, 11) is 1.63. The number of ether oxygens (including phenoxy) is 1. The van der Waals surface area contributed by atoms with Gasteiger partial charge in [-0.25, -0.2) is 4.98 Å². The number of aromatic nitrogens is 2. The lowest BCUT2D eigenvalue weighted by atomic mass is 9.76. The van der Waals surface area contributed by atoms with Crippen LogP contribution in [0.4, 0.5) is 0 Å². The molecule has 0 unspecified atom stereocenters. The van der Waals surface area contributed by atoms with E-state index in [0.29, 0.717) is 22.8 Å². The monoisotopic (exact) mass is 387 g/mol. The molecule has 0 radical (unpaired) electrons. The molecule has 2 aliphatic rings. The van der Waals surface area contributed by atoms with Crippen molar-refractivity contribution in [1.29, 1.82) is 0 Å². The van der Waals surface area contributed by atoms with Gasteiger partial charge in [-0.15, -0.1) is 0 Å². The zero-order chi connectivity index (χ0) is 19.8. The minimum absolute atomic E-state index is 0.00411. The molecule has 0 bridgehead atoms. The SMILES string of the molecule is COc1ccc2nc3c(cc2c1)c(=O)c1cccc2c1n3[C@H]1NCC[C@@]21CCO. The van der Waals surface area contributed by atoms with Crippen LogP contribution < -0.4 is 15.5 Å². The number of hydrogen-bond acceptors (Lipinski definition) is 5. The third kappa shape index (κ3) is 2.02. The van der Waals surface area contributed by atoms with Crippen LogP contribution in [0.15, 0.2) is 47.3 Å². The molecule has 1 saturated heterocycles. The van der Waals surface area contributed by atoms with E-state index in [0.717, 1.165) is 40.7 Å². The maximum Gasteiger partial charge on any atom is 0.198 e. The van der Waals surface area contributed by atoms with Crippen LogP contribution in [0.2, 0.25) is 0 Å². The van der Waals surface area contributed by atoms with E-state index < -0.39 is 0 Å². The quantitative estimate of drug-likeness (QED) is 0.529. The lowest BCUT2D eigenvalue weighted by Crippen LogP contribution is -2.33. The summed E-state index contributed by atoms with van der Waals surface area (Å²) in [6.07, 6.45) is 1.58. The Morgan fingerprint density at radius 2 is 2.17 bits per heavy atom. The van der Waals surface area contributed by atoms with Crippen LogP contribution in [-0.4, -0.2) is 34.9 Å². The predicted molar refractivity (Wildman–Crippen MR) is 113 cm³/mol. The first-order chi connectivity index (χ1) is 14.2. The molecule has 4 heterocycles. The summed E-state index contributed by atoms with van der Waals surface area (Å²) in [5.41, 5.74) is 3.43. The Hall–Kier alpha value is -2.96. The van der Waals surface area contributed by atoms with Crippen LogP contribution in [0, 0.1) is 0 Å². The number of methoxy groups -OCH3 is 1.